The van der Waals surface area contributed by atoms with Crippen molar-refractivity contribution in [2.75, 3.05) is 6.61 Å². The highest BCUT2D eigenvalue weighted by atomic mass is 16.5. The molecule has 0 heterocycles. The van der Waals surface area contributed by atoms with Crippen LogP contribution in [0.2, 0.25) is 0 Å². The van der Waals surface area contributed by atoms with Gasteiger partial charge in [-0.25, -0.2) is 0 Å². The standard InChI is InChI=1S/C19H20O2/c1-2-21-19(20)17-10-6-9-15-11-12-16(13-18(15)17)14-7-4-3-5-8-14/h3-5,7-8,11-13,17H,2,6,9-10H2,1H3/t17-/m0/s1. The summed E-state index contributed by atoms with van der Waals surface area (Å²) in [5.74, 6) is -0.180. The molecule has 21 heavy (non-hydrogen) atoms. The van der Waals surface area contributed by atoms with Crippen molar-refractivity contribution in [1.29, 1.82) is 0 Å². The van der Waals surface area contributed by atoms with Crippen LogP contribution in [0.15, 0.2) is 48.5 Å². The maximum atomic E-state index is 12.2. The zero-order valence-electron chi connectivity index (χ0n) is 12.3. The monoisotopic (exact) mass is 280 g/mol. The molecule has 3 rings (SSSR count). The Labute approximate surface area is 125 Å². The lowest BCUT2D eigenvalue weighted by Gasteiger charge is -2.24. The van der Waals surface area contributed by atoms with Crippen LogP contribution in [0, 0.1) is 0 Å². The molecule has 0 saturated heterocycles. The molecule has 2 aromatic carbocycles. The summed E-state index contributed by atoms with van der Waals surface area (Å²) in [6, 6.07) is 16.8. The fraction of sp³-hybridized carbons (Fsp3) is 0.316. The highest BCUT2D eigenvalue weighted by molar-refractivity contribution is 5.80. The number of fused-ring (bicyclic) bond motifs is 1. The van der Waals surface area contributed by atoms with Gasteiger partial charge in [0.2, 0.25) is 0 Å². The van der Waals surface area contributed by atoms with Gasteiger partial charge in [-0.3, -0.25) is 4.79 Å². The number of rotatable bonds is 3. The molecule has 0 spiro atoms. The molecule has 1 aliphatic carbocycles. The Morgan fingerprint density at radius 3 is 2.71 bits per heavy atom. The van der Waals surface area contributed by atoms with Gasteiger partial charge in [-0.15, -0.1) is 0 Å². The quantitative estimate of drug-likeness (QED) is 0.782. The van der Waals surface area contributed by atoms with E-state index in [9.17, 15) is 4.79 Å². The molecule has 1 aliphatic rings. The summed E-state index contributed by atoms with van der Waals surface area (Å²) in [5, 5.41) is 0. The van der Waals surface area contributed by atoms with E-state index in [1.165, 1.54) is 16.7 Å². The number of benzene rings is 2. The van der Waals surface area contributed by atoms with Crippen molar-refractivity contribution < 1.29 is 9.53 Å². The van der Waals surface area contributed by atoms with E-state index in [-0.39, 0.29) is 11.9 Å². The van der Waals surface area contributed by atoms with E-state index in [0.717, 1.165) is 24.8 Å². The predicted molar refractivity (Wildman–Crippen MR) is 84.2 cm³/mol. The van der Waals surface area contributed by atoms with Gasteiger partial charge in [0.05, 0.1) is 12.5 Å². The number of hydrogen-bond acceptors (Lipinski definition) is 2. The Balaban J connectivity index is 1.99. The fourth-order valence-corrected chi connectivity index (χ4v) is 3.10. The highest BCUT2D eigenvalue weighted by Gasteiger charge is 2.27. The van der Waals surface area contributed by atoms with Crippen LogP contribution in [0.25, 0.3) is 11.1 Å². The van der Waals surface area contributed by atoms with Crippen molar-refractivity contribution >= 4 is 5.97 Å². The molecule has 0 aromatic heterocycles. The van der Waals surface area contributed by atoms with Crippen LogP contribution in [-0.2, 0) is 16.0 Å². The van der Waals surface area contributed by atoms with E-state index in [4.69, 9.17) is 4.74 Å². The Morgan fingerprint density at radius 1 is 1.14 bits per heavy atom. The van der Waals surface area contributed by atoms with Crippen molar-refractivity contribution in [1.82, 2.24) is 0 Å². The number of carbonyl (C=O) groups is 1. The van der Waals surface area contributed by atoms with E-state index in [1.807, 2.05) is 25.1 Å². The van der Waals surface area contributed by atoms with Crippen molar-refractivity contribution in [3.05, 3.63) is 59.7 Å². The number of ether oxygens (including phenoxy) is 1. The van der Waals surface area contributed by atoms with Gasteiger partial charge in [0.15, 0.2) is 0 Å². The van der Waals surface area contributed by atoms with Gasteiger partial charge in [-0.05, 0) is 48.4 Å². The Morgan fingerprint density at radius 2 is 1.95 bits per heavy atom. The van der Waals surface area contributed by atoms with E-state index < -0.39 is 0 Å². The number of carbonyl (C=O) groups excluding carboxylic acids is 1. The highest BCUT2D eigenvalue weighted by Crippen LogP contribution is 2.35. The maximum absolute atomic E-state index is 12.2. The summed E-state index contributed by atoms with van der Waals surface area (Å²) < 4.78 is 5.24. The molecule has 0 saturated carbocycles. The topological polar surface area (TPSA) is 26.3 Å². The van der Waals surface area contributed by atoms with Crippen LogP contribution in [0.4, 0.5) is 0 Å². The van der Waals surface area contributed by atoms with Gasteiger partial charge in [-0.1, -0.05) is 48.5 Å². The van der Waals surface area contributed by atoms with Crippen molar-refractivity contribution in [3.63, 3.8) is 0 Å². The first kappa shape index (κ1) is 13.9. The van der Waals surface area contributed by atoms with Crippen LogP contribution in [-0.4, -0.2) is 12.6 Å². The van der Waals surface area contributed by atoms with Gasteiger partial charge in [0.1, 0.15) is 0 Å². The molecule has 0 radical (unpaired) electrons. The van der Waals surface area contributed by atoms with Crippen LogP contribution in [0.1, 0.15) is 36.8 Å². The van der Waals surface area contributed by atoms with Crippen molar-refractivity contribution in [3.8, 4) is 11.1 Å². The minimum Gasteiger partial charge on any atom is -0.466 e. The van der Waals surface area contributed by atoms with Crippen molar-refractivity contribution in [2.24, 2.45) is 0 Å². The van der Waals surface area contributed by atoms with E-state index in [0.29, 0.717) is 6.61 Å². The van der Waals surface area contributed by atoms with Crippen LogP contribution in [0.3, 0.4) is 0 Å². The summed E-state index contributed by atoms with van der Waals surface area (Å²) in [7, 11) is 0. The SMILES string of the molecule is CCOC(=O)[C@H]1CCCc2ccc(-c3ccccc3)cc21. The lowest BCUT2D eigenvalue weighted by Crippen LogP contribution is -2.20. The molecule has 2 nitrogen and oxygen atoms in total. The third-order valence-electron chi connectivity index (χ3n) is 4.14. The van der Waals surface area contributed by atoms with Gasteiger partial charge < -0.3 is 4.74 Å². The summed E-state index contributed by atoms with van der Waals surface area (Å²) in [6.07, 6.45) is 3.01. The summed E-state index contributed by atoms with van der Waals surface area (Å²) in [4.78, 5) is 12.2. The molecule has 0 amide bonds. The number of aryl methyl sites for hydroxylation is 1. The van der Waals surface area contributed by atoms with Gasteiger partial charge in [0.25, 0.3) is 0 Å². The summed E-state index contributed by atoms with van der Waals surface area (Å²) in [5.41, 5.74) is 4.80. The second-order valence-electron chi connectivity index (χ2n) is 5.48. The molecule has 0 aliphatic heterocycles. The summed E-state index contributed by atoms with van der Waals surface area (Å²) >= 11 is 0. The van der Waals surface area contributed by atoms with Gasteiger partial charge in [0, 0.05) is 0 Å². The molecule has 2 aromatic rings. The van der Waals surface area contributed by atoms with Crippen molar-refractivity contribution in [2.45, 2.75) is 32.1 Å². The first-order valence-corrected chi connectivity index (χ1v) is 7.64. The first-order chi connectivity index (χ1) is 10.3. The van der Waals surface area contributed by atoms with Gasteiger partial charge >= 0.3 is 5.97 Å². The molecule has 1 atom stereocenters. The Hall–Kier alpha value is -2.09. The molecule has 0 unspecified atom stereocenters. The largest absolute Gasteiger partial charge is 0.466 e. The zero-order chi connectivity index (χ0) is 14.7. The van der Waals surface area contributed by atoms with Crippen LogP contribution >= 0.6 is 0 Å². The Bertz CT molecular complexity index is 631. The second kappa shape index (κ2) is 6.13. The zero-order valence-corrected chi connectivity index (χ0v) is 12.3. The smallest absolute Gasteiger partial charge is 0.313 e. The molecule has 0 bridgehead atoms. The molecule has 2 heteroatoms. The minimum atomic E-state index is -0.0997. The van der Waals surface area contributed by atoms with Crippen LogP contribution < -0.4 is 0 Å². The normalized spacial score (nSPS) is 17.1. The van der Waals surface area contributed by atoms with E-state index in [2.05, 4.69) is 30.3 Å². The Kier molecular flexibility index (Phi) is 4.05. The average molecular weight is 280 g/mol. The third kappa shape index (κ3) is 2.85. The fourth-order valence-electron chi connectivity index (χ4n) is 3.10. The lowest BCUT2D eigenvalue weighted by atomic mass is 9.81. The van der Waals surface area contributed by atoms with Gasteiger partial charge in [-0.2, -0.15) is 0 Å². The third-order valence-corrected chi connectivity index (χ3v) is 4.14. The molecular formula is C19H20O2. The summed E-state index contributed by atoms with van der Waals surface area (Å²) in [6.45, 7) is 2.31. The van der Waals surface area contributed by atoms with E-state index in [1.54, 1.807) is 0 Å². The van der Waals surface area contributed by atoms with Crippen LogP contribution in [0.5, 0.6) is 0 Å². The average Bonchev–Trinajstić information content (AvgIpc) is 2.55. The molecular weight excluding hydrogens is 260 g/mol. The predicted octanol–water partition coefficient (Wildman–Crippen LogP) is 4.34. The minimum absolute atomic E-state index is 0.0799. The molecule has 108 valence electrons. The molecule has 0 fully saturated rings. The van der Waals surface area contributed by atoms with E-state index >= 15 is 0 Å². The number of hydrogen-bond donors (Lipinski definition) is 0. The molecule has 0 N–H and O–H groups in total. The first-order valence-electron chi connectivity index (χ1n) is 7.64. The maximum Gasteiger partial charge on any atom is 0.313 e. The second-order valence-corrected chi connectivity index (χ2v) is 5.48. The number of esters is 1. The lowest BCUT2D eigenvalue weighted by molar-refractivity contribution is -0.145.